The number of morpholine rings is 1. The van der Waals surface area contributed by atoms with E-state index in [0.717, 1.165) is 57.6 Å². The third-order valence-electron chi connectivity index (χ3n) is 4.68. The second kappa shape index (κ2) is 15.8. The van der Waals surface area contributed by atoms with E-state index in [-0.39, 0.29) is 24.0 Å². The van der Waals surface area contributed by atoms with Gasteiger partial charge in [0.05, 0.1) is 13.2 Å². The van der Waals surface area contributed by atoms with Gasteiger partial charge in [-0.1, -0.05) is 38.3 Å². The molecule has 160 valence electrons. The summed E-state index contributed by atoms with van der Waals surface area (Å²) in [7, 11) is 1.81. The summed E-state index contributed by atoms with van der Waals surface area (Å²) in [4.78, 5) is 6.67. The van der Waals surface area contributed by atoms with Crippen molar-refractivity contribution in [1.29, 1.82) is 0 Å². The fraction of sp³-hybridized carbons (Fsp3) is 0.667. The Morgan fingerprint density at radius 1 is 1.18 bits per heavy atom. The third kappa shape index (κ3) is 10.5. The molecule has 0 amide bonds. The lowest BCUT2D eigenvalue weighted by molar-refractivity contribution is 0.0322. The van der Waals surface area contributed by atoms with Crippen LogP contribution >= 0.6 is 24.0 Å². The van der Waals surface area contributed by atoms with Gasteiger partial charge < -0.3 is 20.1 Å². The molecule has 0 spiro atoms. The SMILES string of the molecule is CCCCCCNC(=NC)NCc1cccc(OCCN2CCOCC2)c1.I. The van der Waals surface area contributed by atoms with Gasteiger partial charge in [0.2, 0.25) is 0 Å². The van der Waals surface area contributed by atoms with E-state index >= 15 is 0 Å². The molecule has 0 saturated carbocycles. The molecule has 7 heteroatoms. The average Bonchev–Trinajstić information content (AvgIpc) is 2.71. The van der Waals surface area contributed by atoms with Crippen LogP contribution in [-0.4, -0.2) is 63.9 Å². The maximum atomic E-state index is 5.93. The molecule has 0 radical (unpaired) electrons. The number of aliphatic imine (C=N–C) groups is 1. The molecule has 0 atom stereocenters. The maximum Gasteiger partial charge on any atom is 0.191 e. The van der Waals surface area contributed by atoms with Gasteiger partial charge in [-0.05, 0) is 24.1 Å². The highest BCUT2D eigenvalue weighted by Gasteiger charge is 2.09. The summed E-state index contributed by atoms with van der Waals surface area (Å²) in [6.07, 6.45) is 5.01. The van der Waals surface area contributed by atoms with E-state index in [1.54, 1.807) is 0 Å². The molecule has 1 aromatic carbocycles. The highest BCUT2D eigenvalue weighted by Crippen LogP contribution is 2.13. The standard InChI is InChI=1S/C21H36N4O2.HI/c1-3-4-5-6-10-23-21(22-2)24-18-19-8-7-9-20(17-19)27-16-13-25-11-14-26-15-12-25;/h7-9,17H,3-6,10-16,18H2,1-2H3,(H2,22,23,24);1H. The minimum atomic E-state index is 0. The predicted octanol–water partition coefficient (Wildman–Crippen LogP) is 3.26. The molecule has 6 nitrogen and oxygen atoms in total. The summed E-state index contributed by atoms with van der Waals surface area (Å²) >= 11 is 0. The number of guanidine groups is 1. The van der Waals surface area contributed by atoms with Crippen LogP contribution in [0.15, 0.2) is 29.3 Å². The van der Waals surface area contributed by atoms with Gasteiger partial charge in [-0.2, -0.15) is 0 Å². The summed E-state index contributed by atoms with van der Waals surface area (Å²) in [5, 5.41) is 6.75. The zero-order chi connectivity index (χ0) is 19.2. The van der Waals surface area contributed by atoms with Crippen molar-refractivity contribution in [2.75, 3.05) is 53.0 Å². The van der Waals surface area contributed by atoms with Gasteiger partial charge in [-0.15, -0.1) is 24.0 Å². The van der Waals surface area contributed by atoms with E-state index in [0.29, 0.717) is 6.61 Å². The Morgan fingerprint density at radius 2 is 2.00 bits per heavy atom. The Kier molecular flexibility index (Phi) is 14.1. The van der Waals surface area contributed by atoms with Crippen LogP contribution in [0.25, 0.3) is 0 Å². The monoisotopic (exact) mass is 504 g/mol. The lowest BCUT2D eigenvalue weighted by Gasteiger charge is -2.26. The molecule has 0 unspecified atom stereocenters. The maximum absolute atomic E-state index is 5.93. The lowest BCUT2D eigenvalue weighted by atomic mass is 10.2. The third-order valence-corrected chi connectivity index (χ3v) is 4.68. The van der Waals surface area contributed by atoms with Gasteiger partial charge >= 0.3 is 0 Å². The minimum Gasteiger partial charge on any atom is -0.492 e. The zero-order valence-corrected chi connectivity index (χ0v) is 19.7. The van der Waals surface area contributed by atoms with Crippen LogP contribution in [0.4, 0.5) is 0 Å². The van der Waals surface area contributed by atoms with Gasteiger partial charge in [0.25, 0.3) is 0 Å². The van der Waals surface area contributed by atoms with Crippen molar-refractivity contribution in [3.8, 4) is 5.75 Å². The largest absolute Gasteiger partial charge is 0.492 e. The van der Waals surface area contributed by atoms with Crippen LogP contribution in [0, 0.1) is 0 Å². The van der Waals surface area contributed by atoms with Crippen molar-refractivity contribution >= 4 is 29.9 Å². The van der Waals surface area contributed by atoms with E-state index in [4.69, 9.17) is 9.47 Å². The van der Waals surface area contributed by atoms with E-state index in [1.807, 2.05) is 19.2 Å². The van der Waals surface area contributed by atoms with E-state index in [9.17, 15) is 0 Å². The van der Waals surface area contributed by atoms with Gasteiger partial charge in [0.15, 0.2) is 5.96 Å². The Morgan fingerprint density at radius 3 is 2.75 bits per heavy atom. The second-order valence-electron chi connectivity index (χ2n) is 6.86. The fourth-order valence-electron chi connectivity index (χ4n) is 3.03. The van der Waals surface area contributed by atoms with Crippen molar-refractivity contribution < 1.29 is 9.47 Å². The molecule has 1 fully saturated rings. The molecule has 1 heterocycles. The highest BCUT2D eigenvalue weighted by atomic mass is 127. The number of benzene rings is 1. The molecule has 0 aliphatic carbocycles. The van der Waals surface area contributed by atoms with Crippen molar-refractivity contribution in [2.45, 2.75) is 39.2 Å². The molecule has 2 rings (SSSR count). The first-order chi connectivity index (χ1) is 13.3. The molecule has 1 aliphatic heterocycles. The molecular weight excluding hydrogens is 467 g/mol. The van der Waals surface area contributed by atoms with Gasteiger partial charge in [-0.3, -0.25) is 9.89 Å². The second-order valence-corrected chi connectivity index (χ2v) is 6.86. The minimum absolute atomic E-state index is 0. The number of nitrogens with one attached hydrogen (secondary N) is 2. The molecule has 1 saturated heterocycles. The van der Waals surface area contributed by atoms with Crippen molar-refractivity contribution in [3.05, 3.63) is 29.8 Å². The molecule has 0 aromatic heterocycles. The first kappa shape index (κ1) is 25.0. The smallest absolute Gasteiger partial charge is 0.191 e. The Bertz CT molecular complexity index is 551. The number of ether oxygens (including phenoxy) is 2. The van der Waals surface area contributed by atoms with Gasteiger partial charge in [0.1, 0.15) is 12.4 Å². The van der Waals surface area contributed by atoms with Gasteiger partial charge in [0, 0.05) is 39.8 Å². The normalized spacial score (nSPS) is 15.0. The van der Waals surface area contributed by atoms with Crippen molar-refractivity contribution in [1.82, 2.24) is 15.5 Å². The van der Waals surface area contributed by atoms with E-state index in [2.05, 4.69) is 39.6 Å². The van der Waals surface area contributed by atoms with Crippen molar-refractivity contribution in [2.24, 2.45) is 4.99 Å². The summed E-state index contributed by atoms with van der Waals surface area (Å²) < 4.78 is 11.3. The summed E-state index contributed by atoms with van der Waals surface area (Å²) in [5.41, 5.74) is 1.19. The first-order valence-corrected chi connectivity index (χ1v) is 10.3. The fourth-order valence-corrected chi connectivity index (χ4v) is 3.03. The average molecular weight is 504 g/mol. The van der Waals surface area contributed by atoms with Crippen LogP contribution in [0.2, 0.25) is 0 Å². The van der Waals surface area contributed by atoms with Gasteiger partial charge in [-0.25, -0.2) is 0 Å². The van der Waals surface area contributed by atoms with E-state index in [1.165, 1.54) is 31.2 Å². The summed E-state index contributed by atoms with van der Waals surface area (Å²) in [6.45, 7) is 9.23. The van der Waals surface area contributed by atoms with E-state index < -0.39 is 0 Å². The van der Waals surface area contributed by atoms with Crippen LogP contribution < -0.4 is 15.4 Å². The lowest BCUT2D eigenvalue weighted by Crippen LogP contribution is -2.38. The topological polar surface area (TPSA) is 58.1 Å². The summed E-state index contributed by atoms with van der Waals surface area (Å²) in [5.74, 6) is 1.77. The van der Waals surface area contributed by atoms with Crippen LogP contribution in [0.3, 0.4) is 0 Å². The molecule has 0 bridgehead atoms. The Balaban J connectivity index is 0.00000392. The highest BCUT2D eigenvalue weighted by molar-refractivity contribution is 14.0. The first-order valence-electron chi connectivity index (χ1n) is 10.3. The molecule has 1 aromatic rings. The summed E-state index contributed by atoms with van der Waals surface area (Å²) in [6, 6.07) is 8.27. The number of unbranched alkanes of at least 4 members (excludes halogenated alkanes) is 3. The zero-order valence-electron chi connectivity index (χ0n) is 17.4. The number of rotatable bonds is 11. The predicted molar refractivity (Wildman–Crippen MR) is 127 cm³/mol. The quantitative estimate of drug-likeness (QED) is 0.210. The van der Waals surface area contributed by atoms with Crippen LogP contribution in [0.1, 0.15) is 38.2 Å². The molecular formula is C21H37IN4O2. The Hall–Kier alpha value is -1.06. The number of hydrogen-bond donors (Lipinski definition) is 2. The number of hydrogen-bond acceptors (Lipinski definition) is 4. The molecule has 2 N–H and O–H groups in total. The van der Waals surface area contributed by atoms with Crippen LogP contribution in [0.5, 0.6) is 5.75 Å². The van der Waals surface area contributed by atoms with Crippen molar-refractivity contribution in [3.63, 3.8) is 0 Å². The van der Waals surface area contributed by atoms with Crippen LogP contribution in [-0.2, 0) is 11.3 Å². The Labute approximate surface area is 187 Å². The number of halogens is 1. The molecule has 1 aliphatic rings. The molecule has 28 heavy (non-hydrogen) atoms. The number of nitrogens with zero attached hydrogens (tertiary/aromatic N) is 2.